The van der Waals surface area contributed by atoms with Crippen molar-refractivity contribution in [2.45, 2.75) is 22.8 Å². The molecule has 0 bridgehead atoms. The molecule has 1 aliphatic rings. The van der Waals surface area contributed by atoms with Crippen LogP contribution in [-0.4, -0.2) is 63.5 Å². The monoisotopic (exact) mass is 459 g/mol. The lowest BCUT2D eigenvalue weighted by atomic mass is 10.2. The van der Waals surface area contributed by atoms with Crippen LogP contribution in [0.25, 0.3) is 10.9 Å². The minimum atomic E-state index is -3.65. The predicted octanol–water partition coefficient (Wildman–Crippen LogP) is 2.53. The van der Waals surface area contributed by atoms with Crippen molar-refractivity contribution in [2.24, 2.45) is 0 Å². The Hall–Kier alpha value is -2.33. The van der Waals surface area contributed by atoms with Gasteiger partial charge in [-0.1, -0.05) is 30.3 Å². The second kappa shape index (κ2) is 8.66. The topological polar surface area (TPSA) is 87.7 Å². The van der Waals surface area contributed by atoms with Crippen molar-refractivity contribution in [3.05, 3.63) is 66.4 Å². The molecule has 0 unspecified atom stereocenters. The van der Waals surface area contributed by atoms with Crippen molar-refractivity contribution in [3.8, 4) is 0 Å². The number of nitrogens with zero attached hydrogens (tertiary/aromatic N) is 3. The highest BCUT2D eigenvalue weighted by Crippen LogP contribution is 2.25. The average molecular weight is 460 g/mol. The molecule has 1 saturated heterocycles. The van der Waals surface area contributed by atoms with Crippen LogP contribution in [0.15, 0.2) is 70.6 Å². The number of fused-ring (bicyclic) bond motifs is 1. The number of para-hydroxylation sites is 1. The van der Waals surface area contributed by atoms with E-state index in [0.29, 0.717) is 36.6 Å². The maximum atomic E-state index is 13.4. The Balaban J connectivity index is 1.48. The number of benzene rings is 2. The summed E-state index contributed by atoms with van der Waals surface area (Å²) in [4.78, 5) is 7.05. The van der Waals surface area contributed by atoms with Gasteiger partial charge in [-0.2, -0.15) is 4.31 Å². The van der Waals surface area contributed by atoms with Gasteiger partial charge in [-0.05, 0) is 42.8 Å². The summed E-state index contributed by atoms with van der Waals surface area (Å²) in [7, 11) is -6.87. The molecule has 1 aliphatic heterocycles. The molecule has 0 N–H and O–H groups in total. The van der Waals surface area contributed by atoms with Gasteiger partial charge in [-0.3, -0.25) is 9.88 Å². The molecule has 0 amide bonds. The first-order valence-corrected chi connectivity index (χ1v) is 13.4. The third-order valence-corrected chi connectivity index (χ3v) is 8.58. The van der Waals surface area contributed by atoms with Gasteiger partial charge < -0.3 is 0 Å². The predicted molar refractivity (Wildman–Crippen MR) is 120 cm³/mol. The van der Waals surface area contributed by atoms with Crippen molar-refractivity contribution < 1.29 is 16.8 Å². The van der Waals surface area contributed by atoms with E-state index in [2.05, 4.69) is 9.88 Å². The van der Waals surface area contributed by atoms with Gasteiger partial charge in [0.1, 0.15) is 4.90 Å². The normalized spacial score (nSPS) is 16.9. The highest BCUT2D eigenvalue weighted by atomic mass is 32.2. The molecule has 4 rings (SSSR count). The fourth-order valence-corrected chi connectivity index (χ4v) is 6.13. The first-order chi connectivity index (χ1) is 14.7. The lowest BCUT2D eigenvalue weighted by Crippen LogP contribution is -2.35. The SMILES string of the molecule is CS(=O)(=O)c1ccc(CN2CCCN(S(=O)(=O)c3cccc4cccnc34)CC2)cc1. The van der Waals surface area contributed by atoms with Gasteiger partial charge in [-0.15, -0.1) is 0 Å². The Morgan fingerprint density at radius 3 is 2.35 bits per heavy atom. The second-order valence-corrected chi connectivity index (χ2v) is 11.7. The minimum absolute atomic E-state index is 0.246. The molecule has 31 heavy (non-hydrogen) atoms. The molecule has 0 saturated carbocycles. The van der Waals surface area contributed by atoms with Crippen LogP contribution in [0.4, 0.5) is 0 Å². The number of hydrogen-bond acceptors (Lipinski definition) is 6. The third kappa shape index (κ3) is 4.79. The summed E-state index contributed by atoms with van der Waals surface area (Å²) in [6.07, 6.45) is 3.52. The smallest absolute Gasteiger partial charge is 0.245 e. The minimum Gasteiger partial charge on any atom is -0.298 e. The summed E-state index contributed by atoms with van der Waals surface area (Å²) in [6, 6.07) is 15.8. The van der Waals surface area contributed by atoms with Crippen LogP contribution in [0.5, 0.6) is 0 Å². The van der Waals surface area contributed by atoms with Gasteiger partial charge in [0.05, 0.1) is 10.4 Å². The largest absolute Gasteiger partial charge is 0.298 e. The summed E-state index contributed by atoms with van der Waals surface area (Å²) in [5.41, 5.74) is 1.50. The van der Waals surface area contributed by atoms with Crippen LogP contribution in [0.3, 0.4) is 0 Å². The highest BCUT2D eigenvalue weighted by molar-refractivity contribution is 7.90. The van der Waals surface area contributed by atoms with Crippen LogP contribution >= 0.6 is 0 Å². The van der Waals surface area contributed by atoms with E-state index in [1.165, 1.54) is 6.26 Å². The lowest BCUT2D eigenvalue weighted by molar-refractivity contribution is 0.278. The summed E-state index contributed by atoms with van der Waals surface area (Å²) < 4.78 is 51.5. The Morgan fingerprint density at radius 1 is 0.871 bits per heavy atom. The molecule has 0 atom stereocenters. The molecule has 2 aromatic carbocycles. The zero-order chi connectivity index (χ0) is 22.1. The van der Waals surface area contributed by atoms with E-state index in [0.717, 1.165) is 23.9 Å². The van der Waals surface area contributed by atoms with Gasteiger partial charge in [0, 0.05) is 44.0 Å². The third-order valence-electron chi connectivity index (χ3n) is 5.52. The van der Waals surface area contributed by atoms with Crippen molar-refractivity contribution >= 4 is 30.8 Å². The molecule has 1 fully saturated rings. The van der Waals surface area contributed by atoms with Crippen LogP contribution < -0.4 is 0 Å². The van der Waals surface area contributed by atoms with Crippen molar-refractivity contribution in [3.63, 3.8) is 0 Å². The zero-order valence-corrected chi connectivity index (χ0v) is 18.9. The molecule has 0 spiro atoms. The fraction of sp³-hybridized carbons (Fsp3) is 0.318. The van der Waals surface area contributed by atoms with Crippen molar-refractivity contribution in [1.29, 1.82) is 0 Å². The van der Waals surface area contributed by atoms with Gasteiger partial charge in [0.25, 0.3) is 0 Å². The molecular formula is C22H25N3O4S2. The van der Waals surface area contributed by atoms with Crippen molar-refractivity contribution in [1.82, 2.24) is 14.2 Å². The number of sulfone groups is 1. The molecule has 164 valence electrons. The molecule has 0 aliphatic carbocycles. The standard InChI is InChI=1S/C22H25N3O4S2/c1-30(26,27)20-10-8-18(9-11-20)17-24-13-4-14-25(16-15-24)31(28,29)21-7-2-5-19-6-3-12-23-22(19)21/h2-3,5-12H,4,13-17H2,1H3. The molecule has 2 heterocycles. The number of sulfonamides is 1. The Labute approximate surface area is 183 Å². The quantitative estimate of drug-likeness (QED) is 0.583. The van der Waals surface area contributed by atoms with Gasteiger partial charge in [-0.25, -0.2) is 16.8 Å². The molecular weight excluding hydrogens is 434 g/mol. The average Bonchev–Trinajstić information content (AvgIpc) is 2.99. The number of hydrogen-bond donors (Lipinski definition) is 0. The van der Waals surface area contributed by atoms with Crippen molar-refractivity contribution in [2.75, 3.05) is 32.4 Å². The van der Waals surface area contributed by atoms with E-state index in [-0.39, 0.29) is 4.90 Å². The Kier molecular flexibility index (Phi) is 6.11. The van der Waals surface area contributed by atoms with E-state index in [1.807, 2.05) is 24.3 Å². The van der Waals surface area contributed by atoms with E-state index in [1.54, 1.807) is 40.8 Å². The number of pyridine rings is 1. The van der Waals surface area contributed by atoms with Crippen LogP contribution in [0.2, 0.25) is 0 Å². The van der Waals surface area contributed by atoms with E-state index < -0.39 is 19.9 Å². The Bertz CT molecular complexity index is 1280. The summed E-state index contributed by atoms with van der Waals surface area (Å²) >= 11 is 0. The van der Waals surface area contributed by atoms with Crippen LogP contribution in [0, 0.1) is 0 Å². The first-order valence-electron chi connectivity index (χ1n) is 10.1. The maximum absolute atomic E-state index is 13.4. The lowest BCUT2D eigenvalue weighted by Gasteiger charge is -2.22. The zero-order valence-electron chi connectivity index (χ0n) is 17.3. The summed E-state index contributed by atoms with van der Waals surface area (Å²) in [6.45, 7) is 2.87. The summed E-state index contributed by atoms with van der Waals surface area (Å²) in [5.74, 6) is 0. The van der Waals surface area contributed by atoms with Gasteiger partial charge >= 0.3 is 0 Å². The first kappa shape index (κ1) is 21.9. The highest BCUT2D eigenvalue weighted by Gasteiger charge is 2.28. The van der Waals surface area contributed by atoms with Gasteiger partial charge in [0.2, 0.25) is 10.0 Å². The number of aromatic nitrogens is 1. The van der Waals surface area contributed by atoms with Crippen LogP contribution in [0.1, 0.15) is 12.0 Å². The molecule has 9 heteroatoms. The van der Waals surface area contributed by atoms with E-state index >= 15 is 0 Å². The van der Waals surface area contributed by atoms with Gasteiger partial charge in [0.15, 0.2) is 9.84 Å². The van der Waals surface area contributed by atoms with Crippen LogP contribution in [-0.2, 0) is 26.4 Å². The molecule has 3 aromatic rings. The molecule has 7 nitrogen and oxygen atoms in total. The second-order valence-electron chi connectivity index (χ2n) is 7.78. The Morgan fingerprint density at radius 2 is 1.61 bits per heavy atom. The van der Waals surface area contributed by atoms with E-state index in [4.69, 9.17) is 0 Å². The fourth-order valence-electron chi connectivity index (χ4n) is 3.87. The number of rotatable bonds is 5. The maximum Gasteiger partial charge on any atom is 0.245 e. The molecule has 0 radical (unpaired) electrons. The molecule has 1 aromatic heterocycles. The summed E-state index contributed by atoms with van der Waals surface area (Å²) in [5, 5.41) is 0.803. The van der Waals surface area contributed by atoms with E-state index in [9.17, 15) is 16.8 Å².